The summed E-state index contributed by atoms with van der Waals surface area (Å²) in [7, 11) is 2.12. The monoisotopic (exact) mass is 232 g/mol. The third kappa shape index (κ3) is 1.76. The van der Waals surface area contributed by atoms with Gasteiger partial charge in [0, 0.05) is 12.2 Å². The number of aromatic nitrogens is 3. The van der Waals surface area contributed by atoms with Gasteiger partial charge in [-0.1, -0.05) is 0 Å². The summed E-state index contributed by atoms with van der Waals surface area (Å²) in [4.78, 5) is 21.4. The lowest BCUT2D eigenvalue weighted by atomic mass is 10.1. The SMILES string of the molecule is CN1CCC(n2c(=O)[nH]c3cccnc32)CC1. The molecule has 0 radical (unpaired) electrons. The fourth-order valence-corrected chi connectivity index (χ4v) is 2.55. The van der Waals surface area contributed by atoms with Gasteiger partial charge in [0.2, 0.25) is 0 Å². The van der Waals surface area contributed by atoms with Crippen molar-refractivity contribution < 1.29 is 0 Å². The third-order valence-electron chi connectivity index (χ3n) is 3.53. The van der Waals surface area contributed by atoms with Crippen molar-refractivity contribution >= 4 is 11.2 Å². The van der Waals surface area contributed by atoms with Gasteiger partial charge in [0.05, 0.1) is 5.52 Å². The van der Waals surface area contributed by atoms with E-state index in [1.807, 2.05) is 16.7 Å². The zero-order valence-corrected chi connectivity index (χ0v) is 9.89. The number of piperidine rings is 1. The van der Waals surface area contributed by atoms with Gasteiger partial charge < -0.3 is 9.88 Å². The van der Waals surface area contributed by atoms with Crippen LogP contribution in [-0.2, 0) is 0 Å². The number of imidazole rings is 1. The molecule has 3 heterocycles. The highest BCUT2D eigenvalue weighted by Crippen LogP contribution is 2.22. The van der Waals surface area contributed by atoms with Crippen LogP contribution in [0.5, 0.6) is 0 Å². The van der Waals surface area contributed by atoms with Gasteiger partial charge in [-0.15, -0.1) is 0 Å². The van der Waals surface area contributed by atoms with E-state index in [2.05, 4.69) is 21.9 Å². The summed E-state index contributed by atoms with van der Waals surface area (Å²) < 4.78 is 1.82. The summed E-state index contributed by atoms with van der Waals surface area (Å²) >= 11 is 0. The second-order valence-electron chi connectivity index (χ2n) is 4.71. The van der Waals surface area contributed by atoms with Crippen LogP contribution < -0.4 is 5.69 Å². The lowest BCUT2D eigenvalue weighted by Gasteiger charge is -2.29. The topological polar surface area (TPSA) is 53.9 Å². The Morgan fingerprint density at radius 2 is 2.18 bits per heavy atom. The van der Waals surface area contributed by atoms with Crippen molar-refractivity contribution in [1.29, 1.82) is 0 Å². The average Bonchev–Trinajstić information content (AvgIpc) is 2.66. The number of rotatable bonds is 1. The summed E-state index contributed by atoms with van der Waals surface area (Å²) in [6.07, 6.45) is 3.76. The van der Waals surface area contributed by atoms with Crippen LogP contribution >= 0.6 is 0 Å². The van der Waals surface area contributed by atoms with Crippen molar-refractivity contribution in [3.63, 3.8) is 0 Å². The lowest BCUT2D eigenvalue weighted by molar-refractivity contribution is 0.221. The molecule has 1 saturated heterocycles. The Balaban J connectivity index is 2.05. The molecule has 0 amide bonds. The summed E-state index contributed by atoms with van der Waals surface area (Å²) in [6, 6.07) is 4.02. The smallest absolute Gasteiger partial charge is 0.306 e. The molecule has 1 aliphatic heterocycles. The minimum Gasteiger partial charge on any atom is -0.306 e. The number of hydrogen-bond acceptors (Lipinski definition) is 3. The van der Waals surface area contributed by atoms with Crippen LogP contribution in [0.1, 0.15) is 18.9 Å². The number of fused-ring (bicyclic) bond motifs is 1. The van der Waals surface area contributed by atoms with E-state index in [1.165, 1.54) is 0 Å². The fourth-order valence-electron chi connectivity index (χ4n) is 2.55. The largest absolute Gasteiger partial charge is 0.327 e. The van der Waals surface area contributed by atoms with Gasteiger partial charge in [0.25, 0.3) is 0 Å². The minimum absolute atomic E-state index is 0.0340. The molecule has 5 heteroatoms. The number of pyridine rings is 1. The molecule has 1 fully saturated rings. The van der Waals surface area contributed by atoms with Gasteiger partial charge in [-0.25, -0.2) is 9.78 Å². The zero-order chi connectivity index (χ0) is 11.8. The van der Waals surface area contributed by atoms with Gasteiger partial charge in [0.1, 0.15) is 0 Å². The second kappa shape index (κ2) is 4.00. The first-order valence-corrected chi connectivity index (χ1v) is 5.99. The van der Waals surface area contributed by atoms with E-state index in [9.17, 15) is 4.79 Å². The van der Waals surface area contributed by atoms with Gasteiger partial charge >= 0.3 is 5.69 Å². The molecule has 1 N–H and O–H groups in total. The molecule has 1 aliphatic rings. The van der Waals surface area contributed by atoms with Gasteiger partial charge in [-0.2, -0.15) is 0 Å². The van der Waals surface area contributed by atoms with Crippen LogP contribution in [0.25, 0.3) is 11.2 Å². The predicted octanol–water partition coefficient (Wildman–Crippen LogP) is 0.991. The van der Waals surface area contributed by atoms with Crippen molar-refractivity contribution in [1.82, 2.24) is 19.4 Å². The van der Waals surface area contributed by atoms with Crippen LogP contribution in [0.15, 0.2) is 23.1 Å². The van der Waals surface area contributed by atoms with E-state index in [0.717, 1.165) is 37.1 Å². The molecular formula is C12H16N4O. The van der Waals surface area contributed by atoms with Gasteiger partial charge in [-0.3, -0.25) is 4.57 Å². The predicted molar refractivity (Wildman–Crippen MR) is 66.1 cm³/mol. The normalized spacial score (nSPS) is 18.9. The number of nitrogens with one attached hydrogen (secondary N) is 1. The van der Waals surface area contributed by atoms with E-state index in [0.29, 0.717) is 0 Å². The molecule has 0 bridgehead atoms. The molecule has 0 saturated carbocycles. The number of H-pyrrole nitrogens is 1. The Bertz CT molecular complexity index is 577. The number of likely N-dealkylation sites (tertiary alicyclic amines) is 1. The van der Waals surface area contributed by atoms with Crippen LogP contribution in [0.3, 0.4) is 0 Å². The van der Waals surface area contributed by atoms with E-state index < -0.39 is 0 Å². The highest BCUT2D eigenvalue weighted by atomic mass is 16.1. The summed E-state index contributed by atoms with van der Waals surface area (Å²) in [5.41, 5.74) is 1.58. The highest BCUT2D eigenvalue weighted by molar-refractivity contribution is 5.70. The Morgan fingerprint density at radius 3 is 2.94 bits per heavy atom. The Morgan fingerprint density at radius 1 is 1.41 bits per heavy atom. The fraction of sp³-hybridized carbons (Fsp3) is 0.500. The van der Waals surface area contributed by atoms with E-state index >= 15 is 0 Å². The molecule has 0 atom stereocenters. The molecule has 3 rings (SSSR count). The van der Waals surface area contributed by atoms with Crippen molar-refractivity contribution in [3.05, 3.63) is 28.8 Å². The standard InChI is InChI=1S/C12H16N4O/c1-15-7-4-9(5-8-15)16-11-10(14-12(16)17)3-2-6-13-11/h2-3,6,9H,4-5,7-8H2,1H3,(H,14,17). The second-order valence-corrected chi connectivity index (χ2v) is 4.71. The first kappa shape index (κ1) is 10.5. The molecule has 0 spiro atoms. The van der Waals surface area contributed by atoms with Crippen LogP contribution in [0, 0.1) is 0 Å². The maximum Gasteiger partial charge on any atom is 0.327 e. The summed E-state index contributed by atoms with van der Waals surface area (Å²) in [6.45, 7) is 2.08. The molecule has 5 nitrogen and oxygen atoms in total. The third-order valence-corrected chi connectivity index (χ3v) is 3.53. The van der Waals surface area contributed by atoms with Crippen molar-refractivity contribution in [2.24, 2.45) is 0 Å². The number of nitrogens with zero attached hydrogens (tertiary/aromatic N) is 3. The molecule has 17 heavy (non-hydrogen) atoms. The van der Waals surface area contributed by atoms with Crippen LogP contribution in [0.4, 0.5) is 0 Å². The van der Waals surface area contributed by atoms with E-state index in [-0.39, 0.29) is 11.7 Å². The first-order valence-electron chi connectivity index (χ1n) is 5.99. The van der Waals surface area contributed by atoms with Gasteiger partial charge in [-0.05, 0) is 45.1 Å². The van der Waals surface area contributed by atoms with E-state index in [1.54, 1.807) is 6.20 Å². The molecule has 0 aromatic carbocycles. The average molecular weight is 232 g/mol. The van der Waals surface area contributed by atoms with Gasteiger partial charge in [0.15, 0.2) is 5.65 Å². The van der Waals surface area contributed by atoms with Crippen molar-refractivity contribution in [2.75, 3.05) is 20.1 Å². The zero-order valence-electron chi connectivity index (χ0n) is 9.89. The molecule has 0 aliphatic carbocycles. The molecular weight excluding hydrogens is 216 g/mol. The first-order chi connectivity index (χ1) is 8.25. The van der Waals surface area contributed by atoms with E-state index in [4.69, 9.17) is 0 Å². The van der Waals surface area contributed by atoms with Crippen LogP contribution in [0.2, 0.25) is 0 Å². The van der Waals surface area contributed by atoms with Crippen molar-refractivity contribution in [2.45, 2.75) is 18.9 Å². The molecule has 2 aromatic heterocycles. The maximum atomic E-state index is 12.0. The highest BCUT2D eigenvalue weighted by Gasteiger charge is 2.22. The Kier molecular flexibility index (Phi) is 2.48. The quantitative estimate of drug-likeness (QED) is 0.797. The molecule has 90 valence electrons. The number of aromatic amines is 1. The maximum absolute atomic E-state index is 12.0. The molecule has 0 unspecified atom stereocenters. The summed E-state index contributed by atoms with van der Waals surface area (Å²) in [5, 5.41) is 0. The Labute approximate surface area is 99.1 Å². The lowest BCUT2D eigenvalue weighted by Crippen LogP contribution is -2.34. The van der Waals surface area contributed by atoms with Crippen LogP contribution in [-0.4, -0.2) is 39.6 Å². The minimum atomic E-state index is -0.0340. The summed E-state index contributed by atoms with van der Waals surface area (Å²) in [5.74, 6) is 0. The Hall–Kier alpha value is -1.62. The number of hydrogen-bond donors (Lipinski definition) is 1. The van der Waals surface area contributed by atoms with Crippen molar-refractivity contribution in [3.8, 4) is 0 Å². The molecule has 2 aromatic rings.